The number of carbonyl (C=O) groups excluding carboxylic acids is 2. The van der Waals surface area contributed by atoms with Crippen LogP contribution in [0.2, 0.25) is 0 Å². The van der Waals surface area contributed by atoms with Crippen LogP contribution in [0.25, 0.3) is 0 Å². The minimum absolute atomic E-state index is 0.121. The molecular weight excluding hydrogens is 316 g/mol. The summed E-state index contributed by atoms with van der Waals surface area (Å²) in [6.07, 6.45) is 3.12. The van der Waals surface area contributed by atoms with Crippen LogP contribution in [-0.2, 0) is 22.4 Å². The summed E-state index contributed by atoms with van der Waals surface area (Å²) >= 11 is 0. The van der Waals surface area contributed by atoms with Crippen LogP contribution in [0, 0.1) is 5.92 Å². The molecule has 5 heteroatoms. The van der Waals surface area contributed by atoms with Gasteiger partial charge in [-0.1, -0.05) is 26.0 Å². The second-order valence-corrected chi connectivity index (χ2v) is 6.94. The molecule has 2 aliphatic heterocycles. The summed E-state index contributed by atoms with van der Waals surface area (Å²) in [6.45, 7) is 7.44. The van der Waals surface area contributed by atoms with Crippen LogP contribution in [0.5, 0.6) is 5.75 Å². The smallest absolute Gasteiger partial charge is 0.227 e. The summed E-state index contributed by atoms with van der Waals surface area (Å²) in [7, 11) is 0. The number of nitrogens with zero attached hydrogens (tertiary/aromatic N) is 2. The van der Waals surface area contributed by atoms with Gasteiger partial charge in [-0.05, 0) is 30.0 Å². The molecule has 0 atom stereocenters. The van der Waals surface area contributed by atoms with Gasteiger partial charge in [0.05, 0.1) is 13.0 Å². The molecule has 2 heterocycles. The third-order valence-corrected chi connectivity index (χ3v) is 5.39. The first kappa shape index (κ1) is 17.8. The highest BCUT2D eigenvalue weighted by Crippen LogP contribution is 2.26. The second kappa shape index (κ2) is 7.89. The second-order valence-electron chi connectivity index (χ2n) is 6.94. The van der Waals surface area contributed by atoms with Crippen molar-refractivity contribution in [3.05, 3.63) is 29.3 Å². The van der Waals surface area contributed by atoms with Crippen molar-refractivity contribution >= 4 is 11.8 Å². The highest BCUT2D eigenvalue weighted by atomic mass is 16.5. The SMILES string of the molecule is CCC(CC)C(=O)N1CCN(C(=O)Cc2ccc3c(c2)CCO3)CC1. The Labute approximate surface area is 149 Å². The molecule has 0 unspecified atom stereocenters. The van der Waals surface area contributed by atoms with Gasteiger partial charge in [0.1, 0.15) is 5.75 Å². The van der Waals surface area contributed by atoms with Gasteiger partial charge >= 0.3 is 0 Å². The number of piperazine rings is 1. The van der Waals surface area contributed by atoms with Crippen molar-refractivity contribution in [2.24, 2.45) is 5.92 Å². The predicted molar refractivity (Wildman–Crippen MR) is 96.6 cm³/mol. The summed E-state index contributed by atoms with van der Waals surface area (Å²) in [5, 5.41) is 0. The van der Waals surface area contributed by atoms with Gasteiger partial charge in [-0.2, -0.15) is 0 Å². The molecule has 0 N–H and O–H groups in total. The number of fused-ring (bicyclic) bond motifs is 1. The molecule has 0 bridgehead atoms. The average Bonchev–Trinajstić information content (AvgIpc) is 3.10. The number of benzene rings is 1. The molecule has 0 radical (unpaired) electrons. The van der Waals surface area contributed by atoms with E-state index in [2.05, 4.69) is 19.9 Å². The van der Waals surface area contributed by atoms with Crippen molar-refractivity contribution in [2.75, 3.05) is 32.8 Å². The summed E-state index contributed by atoms with van der Waals surface area (Å²) in [5.74, 6) is 1.46. The molecule has 1 saturated heterocycles. The number of amides is 2. The summed E-state index contributed by atoms with van der Waals surface area (Å²) < 4.78 is 5.51. The fourth-order valence-corrected chi connectivity index (χ4v) is 3.71. The van der Waals surface area contributed by atoms with E-state index < -0.39 is 0 Å². The molecule has 1 fully saturated rings. The van der Waals surface area contributed by atoms with E-state index in [1.807, 2.05) is 21.9 Å². The van der Waals surface area contributed by atoms with Crippen molar-refractivity contribution in [1.29, 1.82) is 0 Å². The van der Waals surface area contributed by atoms with Gasteiger partial charge in [0.2, 0.25) is 11.8 Å². The van der Waals surface area contributed by atoms with Gasteiger partial charge in [-0.3, -0.25) is 9.59 Å². The van der Waals surface area contributed by atoms with Gasteiger partial charge < -0.3 is 14.5 Å². The minimum Gasteiger partial charge on any atom is -0.493 e. The van der Waals surface area contributed by atoms with E-state index in [-0.39, 0.29) is 17.7 Å². The van der Waals surface area contributed by atoms with Crippen LogP contribution >= 0.6 is 0 Å². The first-order chi connectivity index (χ1) is 12.1. The fourth-order valence-electron chi connectivity index (χ4n) is 3.71. The number of ether oxygens (including phenoxy) is 1. The van der Waals surface area contributed by atoms with E-state index in [0.717, 1.165) is 37.2 Å². The van der Waals surface area contributed by atoms with Crippen LogP contribution in [0.1, 0.15) is 37.8 Å². The molecule has 2 aliphatic rings. The van der Waals surface area contributed by atoms with Crippen molar-refractivity contribution in [3.63, 3.8) is 0 Å². The van der Waals surface area contributed by atoms with Gasteiger partial charge in [-0.25, -0.2) is 0 Å². The molecule has 0 aromatic heterocycles. The molecule has 0 spiro atoms. The zero-order chi connectivity index (χ0) is 17.8. The lowest BCUT2D eigenvalue weighted by Gasteiger charge is -2.36. The van der Waals surface area contributed by atoms with E-state index in [9.17, 15) is 9.59 Å². The van der Waals surface area contributed by atoms with Gasteiger partial charge in [0, 0.05) is 38.5 Å². The monoisotopic (exact) mass is 344 g/mol. The highest BCUT2D eigenvalue weighted by Gasteiger charge is 2.27. The van der Waals surface area contributed by atoms with Gasteiger partial charge in [0.25, 0.3) is 0 Å². The molecule has 0 aliphatic carbocycles. The number of hydrogen-bond acceptors (Lipinski definition) is 3. The topological polar surface area (TPSA) is 49.9 Å². The van der Waals surface area contributed by atoms with E-state index in [0.29, 0.717) is 32.6 Å². The highest BCUT2D eigenvalue weighted by molar-refractivity contribution is 5.81. The van der Waals surface area contributed by atoms with Crippen LogP contribution in [0.4, 0.5) is 0 Å². The predicted octanol–water partition coefficient (Wildman–Crippen LogP) is 2.27. The fraction of sp³-hybridized carbons (Fsp3) is 0.600. The normalized spacial score (nSPS) is 16.8. The maximum atomic E-state index is 12.6. The third kappa shape index (κ3) is 3.97. The van der Waals surface area contributed by atoms with Crippen molar-refractivity contribution in [2.45, 2.75) is 39.5 Å². The van der Waals surface area contributed by atoms with E-state index >= 15 is 0 Å². The average molecular weight is 344 g/mol. The van der Waals surface area contributed by atoms with Crippen LogP contribution < -0.4 is 4.74 Å². The van der Waals surface area contributed by atoms with Gasteiger partial charge in [0.15, 0.2) is 0 Å². The Morgan fingerprint density at radius 1 is 1.08 bits per heavy atom. The zero-order valence-electron chi connectivity index (χ0n) is 15.3. The summed E-state index contributed by atoms with van der Waals surface area (Å²) in [4.78, 5) is 28.8. The quantitative estimate of drug-likeness (QED) is 0.823. The number of hydrogen-bond donors (Lipinski definition) is 0. The number of carbonyl (C=O) groups is 2. The largest absolute Gasteiger partial charge is 0.493 e. The Morgan fingerprint density at radius 2 is 1.76 bits per heavy atom. The first-order valence-electron chi connectivity index (χ1n) is 9.43. The lowest BCUT2D eigenvalue weighted by Crippen LogP contribution is -2.52. The molecule has 136 valence electrons. The first-order valence-corrected chi connectivity index (χ1v) is 9.43. The molecule has 2 amide bonds. The molecule has 5 nitrogen and oxygen atoms in total. The molecular formula is C20H28N2O3. The van der Waals surface area contributed by atoms with Crippen molar-refractivity contribution in [1.82, 2.24) is 9.80 Å². The standard InChI is InChI=1S/C20H28N2O3/c1-3-16(4-2)20(24)22-10-8-21(9-11-22)19(23)14-15-5-6-18-17(13-15)7-12-25-18/h5-6,13,16H,3-4,7-12,14H2,1-2H3. The van der Waals surface area contributed by atoms with Crippen LogP contribution in [-0.4, -0.2) is 54.4 Å². The maximum absolute atomic E-state index is 12.6. The van der Waals surface area contributed by atoms with E-state index in [1.165, 1.54) is 5.56 Å². The Balaban J connectivity index is 1.52. The van der Waals surface area contributed by atoms with Crippen LogP contribution in [0.3, 0.4) is 0 Å². The van der Waals surface area contributed by atoms with Crippen LogP contribution in [0.15, 0.2) is 18.2 Å². The Morgan fingerprint density at radius 3 is 2.44 bits per heavy atom. The Kier molecular flexibility index (Phi) is 5.61. The maximum Gasteiger partial charge on any atom is 0.227 e. The lowest BCUT2D eigenvalue weighted by molar-refractivity contribution is -0.142. The molecule has 1 aromatic rings. The zero-order valence-corrected chi connectivity index (χ0v) is 15.3. The molecule has 3 rings (SSSR count). The van der Waals surface area contributed by atoms with Crippen molar-refractivity contribution < 1.29 is 14.3 Å². The molecule has 0 saturated carbocycles. The van der Waals surface area contributed by atoms with Gasteiger partial charge in [-0.15, -0.1) is 0 Å². The summed E-state index contributed by atoms with van der Waals surface area (Å²) in [5.41, 5.74) is 2.25. The minimum atomic E-state index is 0.121. The third-order valence-electron chi connectivity index (χ3n) is 5.39. The molecule has 25 heavy (non-hydrogen) atoms. The number of rotatable bonds is 5. The van der Waals surface area contributed by atoms with Crippen molar-refractivity contribution in [3.8, 4) is 5.75 Å². The lowest BCUT2D eigenvalue weighted by atomic mass is 10.0. The van der Waals surface area contributed by atoms with E-state index in [1.54, 1.807) is 0 Å². The summed E-state index contributed by atoms with van der Waals surface area (Å²) in [6, 6.07) is 6.04. The molecule has 1 aromatic carbocycles. The Hall–Kier alpha value is -2.04. The van der Waals surface area contributed by atoms with E-state index in [4.69, 9.17) is 4.74 Å². The Bertz CT molecular complexity index is 632.